The van der Waals surface area contributed by atoms with Gasteiger partial charge in [-0.1, -0.05) is 18.2 Å². The first-order chi connectivity index (χ1) is 8.48. The maximum Gasteiger partial charge on any atom is 0.124 e. The minimum atomic E-state index is -0.129. The number of nitrogens with one attached hydrogen (secondary N) is 1. The molecule has 0 saturated carbocycles. The van der Waals surface area contributed by atoms with Crippen LogP contribution in [0.25, 0.3) is 0 Å². The first-order valence-electron chi connectivity index (χ1n) is 6.51. The van der Waals surface area contributed by atoms with Gasteiger partial charge in [-0.05, 0) is 40.8 Å². The van der Waals surface area contributed by atoms with E-state index < -0.39 is 0 Å². The molecule has 0 aliphatic heterocycles. The molecule has 1 rings (SSSR count). The Balaban J connectivity index is 2.81. The highest BCUT2D eigenvalue weighted by atomic mass is 16.5. The number of benzene rings is 1. The van der Waals surface area contributed by atoms with Crippen LogP contribution in [0.2, 0.25) is 0 Å². The molecular formula is C15H25NO2. The van der Waals surface area contributed by atoms with Gasteiger partial charge in [0.2, 0.25) is 0 Å². The molecule has 102 valence electrons. The van der Waals surface area contributed by atoms with Gasteiger partial charge in [0.05, 0.1) is 24.9 Å². The number of para-hydroxylation sites is 1. The van der Waals surface area contributed by atoms with Gasteiger partial charge in [-0.25, -0.2) is 0 Å². The smallest absolute Gasteiger partial charge is 0.124 e. The van der Waals surface area contributed by atoms with Crippen LogP contribution in [0.4, 0.5) is 0 Å². The standard InChI is InChI=1S/C15H25NO2/c1-6-17-14-10-8-7-9-12(14)13(16-5)11-18-15(2,3)4/h7-10,13,16H,6,11H2,1-5H3. The summed E-state index contributed by atoms with van der Waals surface area (Å²) in [4.78, 5) is 0. The SMILES string of the molecule is CCOc1ccccc1C(COC(C)(C)C)NC. The van der Waals surface area contributed by atoms with Gasteiger partial charge in [0.1, 0.15) is 5.75 Å². The lowest BCUT2D eigenvalue weighted by molar-refractivity contribution is -0.0142. The van der Waals surface area contributed by atoms with Crippen molar-refractivity contribution in [3.63, 3.8) is 0 Å². The third-order valence-corrected chi connectivity index (χ3v) is 2.63. The van der Waals surface area contributed by atoms with Crippen LogP contribution in [0.15, 0.2) is 24.3 Å². The molecule has 3 heteroatoms. The molecule has 1 N–H and O–H groups in total. The first kappa shape index (κ1) is 15.0. The van der Waals surface area contributed by atoms with Gasteiger partial charge in [-0.2, -0.15) is 0 Å². The minimum absolute atomic E-state index is 0.129. The summed E-state index contributed by atoms with van der Waals surface area (Å²) in [6.07, 6.45) is 0. The van der Waals surface area contributed by atoms with Gasteiger partial charge in [-0.3, -0.25) is 0 Å². The average molecular weight is 251 g/mol. The van der Waals surface area contributed by atoms with Crippen molar-refractivity contribution in [2.45, 2.75) is 39.3 Å². The molecule has 1 unspecified atom stereocenters. The molecule has 0 aliphatic rings. The van der Waals surface area contributed by atoms with E-state index in [1.807, 2.05) is 32.2 Å². The Morgan fingerprint density at radius 2 is 1.89 bits per heavy atom. The van der Waals surface area contributed by atoms with E-state index in [2.05, 4.69) is 32.2 Å². The van der Waals surface area contributed by atoms with E-state index in [4.69, 9.17) is 9.47 Å². The van der Waals surface area contributed by atoms with Crippen molar-refractivity contribution in [1.29, 1.82) is 0 Å². The topological polar surface area (TPSA) is 30.5 Å². The minimum Gasteiger partial charge on any atom is -0.494 e. The first-order valence-corrected chi connectivity index (χ1v) is 6.51. The summed E-state index contributed by atoms with van der Waals surface area (Å²) in [5.74, 6) is 0.928. The van der Waals surface area contributed by atoms with Crippen molar-refractivity contribution in [2.24, 2.45) is 0 Å². The summed E-state index contributed by atoms with van der Waals surface area (Å²) in [6.45, 7) is 9.49. The molecule has 0 amide bonds. The predicted molar refractivity (Wildman–Crippen MR) is 75.1 cm³/mol. The lowest BCUT2D eigenvalue weighted by atomic mass is 10.1. The van der Waals surface area contributed by atoms with Crippen LogP contribution < -0.4 is 10.1 Å². The van der Waals surface area contributed by atoms with Crippen LogP contribution in [0.5, 0.6) is 5.75 Å². The van der Waals surface area contributed by atoms with Gasteiger partial charge < -0.3 is 14.8 Å². The summed E-state index contributed by atoms with van der Waals surface area (Å²) in [5, 5.41) is 3.28. The average Bonchev–Trinajstić information content (AvgIpc) is 2.31. The number of rotatable bonds is 6. The third-order valence-electron chi connectivity index (χ3n) is 2.63. The normalized spacial score (nSPS) is 13.4. The van der Waals surface area contributed by atoms with E-state index >= 15 is 0 Å². The second-order valence-electron chi connectivity index (χ2n) is 5.24. The molecule has 0 spiro atoms. The van der Waals surface area contributed by atoms with E-state index in [9.17, 15) is 0 Å². The number of hydrogen-bond acceptors (Lipinski definition) is 3. The van der Waals surface area contributed by atoms with Gasteiger partial charge in [-0.15, -0.1) is 0 Å². The molecule has 3 nitrogen and oxygen atoms in total. The highest BCUT2D eigenvalue weighted by molar-refractivity contribution is 5.36. The van der Waals surface area contributed by atoms with Crippen molar-refractivity contribution >= 4 is 0 Å². The van der Waals surface area contributed by atoms with Gasteiger partial charge in [0.25, 0.3) is 0 Å². The molecule has 0 fully saturated rings. The maximum atomic E-state index is 5.85. The quantitative estimate of drug-likeness (QED) is 0.842. The molecule has 1 atom stereocenters. The van der Waals surface area contributed by atoms with E-state index in [1.54, 1.807) is 0 Å². The van der Waals surface area contributed by atoms with Crippen molar-refractivity contribution < 1.29 is 9.47 Å². The van der Waals surface area contributed by atoms with E-state index in [1.165, 1.54) is 0 Å². The van der Waals surface area contributed by atoms with Gasteiger partial charge >= 0.3 is 0 Å². The monoisotopic (exact) mass is 251 g/mol. The maximum absolute atomic E-state index is 5.85. The Labute approximate surface area is 110 Å². The van der Waals surface area contributed by atoms with E-state index in [0.29, 0.717) is 13.2 Å². The Bertz CT molecular complexity index is 358. The van der Waals surface area contributed by atoms with Crippen molar-refractivity contribution in [3.8, 4) is 5.75 Å². The number of hydrogen-bond donors (Lipinski definition) is 1. The van der Waals surface area contributed by atoms with Crippen LogP contribution in [-0.2, 0) is 4.74 Å². The van der Waals surface area contributed by atoms with Crippen molar-refractivity contribution in [1.82, 2.24) is 5.32 Å². The molecule has 0 bridgehead atoms. The predicted octanol–water partition coefficient (Wildman–Crippen LogP) is 3.16. The lowest BCUT2D eigenvalue weighted by Crippen LogP contribution is -2.28. The Morgan fingerprint density at radius 3 is 2.44 bits per heavy atom. The van der Waals surface area contributed by atoms with Crippen LogP contribution in [0.1, 0.15) is 39.3 Å². The molecule has 1 aromatic carbocycles. The molecule has 0 saturated heterocycles. The summed E-state index contributed by atoms with van der Waals surface area (Å²) in [6, 6.07) is 8.25. The van der Waals surface area contributed by atoms with Crippen molar-refractivity contribution in [2.75, 3.05) is 20.3 Å². The van der Waals surface area contributed by atoms with Crippen LogP contribution in [0.3, 0.4) is 0 Å². The van der Waals surface area contributed by atoms with E-state index in [-0.39, 0.29) is 11.6 Å². The highest BCUT2D eigenvalue weighted by Gasteiger charge is 2.18. The van der Waals surface area contributed by atoms with Crippen LogP contribution in [-0.4, -0.2) is 25.9 Å². The lowest BCUT2D eigenvalue weighted by Gasteiger charge is -2.25. The molecule has 0 heterocycles. The highest BCUT2D eigenvalue weighted by Crippen LogP contribution is 2.26. The zero-order chi connectivity index (χ0) is 13.6. The summed E-state index contributed by atoms with van der Waals surface area (Å²) in [7, 11) is 1.94. The Morgan fingerprint density at radius 1 is 1.22 bits per heavy atom. The van der Waals surface area contributed by atoms with Crippen molar-refractivity contribution in [3.05, 3.63) is 29.8 Å². The van der Waals surface area contributed by atoms with Crippen LogP contribution in [0, 0.1) is 0 Å². The molecule has 18 heavy (non-hydrogen) atoms. The number of ether oxygens (including phenoxy) is 2. The Hall–Kier alpha value is -1.06. The van der Waals surface area contributed by atoms with Gasteiger partial charge in [0, 0.05) is 5.56 Å². The van der Waals surface area contributed by atoms with Gasteiger partial charge in [0.15, 0.2) is 0 Å². The fraction of sp³-hybridized carbons (Fsp3) is 0.600. The molecular weight excluding hydrogens is 226 g/mol. The molecule has 0 radical (unpaired) electrons. The third kappa shape index (κ3) is 4.67. The summed E-state index contributed by atoms with van der Waals surface area (Å²) < 4.78 is 11.5. The second kappa shape index (κ2) is 6.76. The molecule has 0 aliphatic carbocycles. The second-order valence-corrected chi connectivity index (χ2v) is 5.24. The Kier molecular flexibility index (Phi) is 5.63. The number of likely N-dealkylation sites (N-methyl/N-ethyl adjacent to an activating group) is 1. The van der Waals surface area contributed by atoms with E-state index in [0.717, 1.165) is 11.3 Å². The fourth-order valence-electron chi connectivity index (χ4n) is 1.72. The van der Waals surface area contributed by atoms with Crippen LogP contribution >= 0.6 is 0 Å². The molecule has 0 aromatic heterocycles. The largest absolute Gasteiger partial charge is 0.494 e. The fourth-order valence-corrected chi connectivity index (χ4v) is 1.72. The zero-order valence-electron chi connectivity index (χ0n) is 12.1. The summed E-state index contributed by atoms with van der Waals surface area (Å²) >= 11 is 0. The molecule has 1 aromatic rings. The zero-order valence-corrected chi connectivity index (χ0v) is 12.1. The summed E-state index contributed by atoms with van der Waals surface area (Å²) in [5.41, 5.74) is 1.02.